The number of rotatable bonds is 4. The fraction of sp³-hybridized carbons (Fsp3) is 0.333. The minimum Gasteiger partial charge on any atom is -0.384 e. The van der Waals surface area contributed by atoms with Crippen molar-refractivity contribution in [3.8, 4) is 0 Å². The molecule has 1 saturated heterocycles. The van der Waals surface area contributed by atoms with Crippen LogP contribution in [0.15, 0.2) is 41.6 Å². The highest BCUT2D eigenvalue weighted by molar-refractivity contribution is 7.07. The molecule has 4 heterocycles. The molecule has 0 radical (unpaired) electrons. The van der Waals surface area contributed by atoms with Gasteiger partial charge in [-0.15, -0.1) is 11.3 Å². The van der Waals surface area contributed by atoms with Crippen molar-refractivity contribution in [1.29, 1.82) is 0 Å². The second-order valence-electron chi connectivity index (χ2n) is 6.45. The van der Waals surface area contributed by atoms with Crippen molar-refractivity contribution in [3.63, 3.8) is 0 Å². The summed E-state index contributed by atoms with van der Waals surface area (Å²) in [4.78, 5) is 27.6. The summed E-state index contributed by atoms with van der Waals surface area (Å²) in [6.07, 6.45) is 7.37. The Bertz CT molecular complexity index is 891. The van der Waals surface area contributed by atoms with E-state index in [-0.39, 0.29) is 11.8 Å². The maximum atomic E-state index is 12.8. The van der Waals surface area contributed by atoms with Gasteiger partial charge in [-0.05, 0) is 25.0 Å². The first-order chi connectivity index (χ1) is 12.7. The molecule has 7 nitrogen and oxygen atoms in total. The topological polar surface area (TPSA) is 89.9 Å². The Labute approximate surface area is 155 Å². The summed E-state index contributed by atoms with van der Waals surface area (Å²) in [7, 11) is 0. The van der Waals surface area contributed by atoms with Crippen LogP contribution in [-0.4, -0.2) is 43.4 Å². The van der Waals surface area contributed by atoms with Gasteiger partial charge in [-0.25, -0.2) is 15.0 Å². The minimum absolute atomic E-state index is 0.00130. The van der Waals surface area contributed by atoms with E-state index in [1.54, 1.807) is 29.7 Å². The molecule has 0 aromatic carbocycles. The van der Waals surface area contributed by atoms with Crippen molar-refractivity contribution < 1.29 is 4.79 Å². The lowest BCUT2D eigenvalue weighted by atomic mass is 9.96. The van der Waals surface area contributed by atoms with Crippen molar-refractivity contribution in [2.75, 3.05) is 18.8 Å². The number of imidazole rings is 1. The summed E-state index contributed by atoms with van der Waals surface area (Å²) >= 11 is 1.59. The van der Waals surface area contributed by atoms with E-state index in [2.05, 4.69) is 19.5 Å². The standard InChI is InChI=1S/C18H20N6OS/c19-16-8-13(3-4-20-16)18(25)24-6-1-2-14(9-24)17-21-5-7-23(17)10-15-11-26-12-22-15/h3-5,7-8,11-12,14H,1-2,6,9-10H2,(H2,19,20). The molecule has 26 heavy (non-hydrogen) atoms. The number of carbonyl (C=O) groups is 1. The number of carbonyl (C=O) groups excluding carboxylic acids is 1. The predicted octanol–water partition coefficient (Wildman–Crippen LogP) is 2.38. The van der Waals surface area contributed by atoms with Crippen LogP contribution < -0.4 is 5.73 Å². The minimum atomic E-state index is 0.00130. The lowest BCUT2D eigenvalue weighted by Crippen LogP contribution is -2.39. The van der Waals surface area contributed by atoms with Crippen LogP contribution in [-0.2, 0) is 6.54 Å². The number of thiazole rings is 1. The van der Waals surface area contributed by atoms with E-state index < -0.39 is 0 Å². The van der Waals surface area contributed by atoms with Crippen molar-refractivity contribution in [3.05, 3.63) is 58.7 Å². The SMILES string of the molecule is Nc1cc(C(=O)N2CCCC(c3nccn3Cc3cscn3)C2)ccn1. The van der Waals surface area contributed by atoms with E-state index in [0.717, 1.165) is 30.9 Å². The highest BCUT2D eigenvalue weighted by atomic mass is 32.1. The van der Waals surface area contributed by atoms with Gasteiger partial charge in [0.25, 0.3) is 5.91 Å². The van der Waals surface area contributed by atoms with Crippen LogP contribution in [0, 0.1) is 0 Å². The molecular formula is C18H20N6OS. The zero-order valence-corrected chi connectivity index (χ0v) is 15.1. The number of piperidine rings is 1. The van der Waals surface area contributed by atoms with Gasteiger partial charge in [-0.1, -0.05) is 0 Å². The van der Waals surface area contributed by atoms with Crippen molar-refractivity contribution >= 4 is 23.1 Å². The molecule has 1 aliphatic rings. The molecule has 2 N–H and O–H groups in total. The van der Waals surface area contributed by atoms with E-state index in [0.29, 0.717) is 24.5 Å². The van der Waals surface area contributed by atoms with E-state index in [1.807, 2.05) is 28.2 Å². The summed E-state index contributed by atoms with van der Waals surface area (Å²) in [5.41, 5.74) is 9.17. The van der Waals surface area contributed by atoms with Gasteiger partial charge < -0.3 is 15.2 Å². The second-order valence-corrected chi connectivity index (χ2v) is 7.17. The number of hydrogen-bond acceptors (Lipinski definition) is 6. The maximum absolute atomic E-state index is 12.8. The van der Waals surface area contributed by atoms with Crippen molar-refractivity contribution in [2.45, 2.75) is 25.3 Å². The molecule has 0 aliphatic carbocycles. The van der Waals surface area contributed by atoms with Gasteiger partial charge >= 0.3 is 0 Å². The Morgan fingerprint density at radius 3 is 3.04 bits per heavy atom. The lowest BCUT2D eigenvalue weighted by molar-refractivity contribution is 0.0703. The first-order valence-electron chi connectivity index (χ1n) is 8.59. The Kier molecular flexibility index (Phi) is 4.66. The van der Waals surface area contributed by atoms with Gasteiger partial charge in [0.15, 0.2) is 0 Å². The maximum Gasteiger partial charge on any atom is 0.254 e. The number of anilines is 1. The van der Waals surface area contributed by atoms with Crippen molar-refractivity contribution in [2.24, 2.45) is 0 Å². The highest BCUT2D eigenvalue weighted by Gasteiger charge is 2.28. The monoisotopic (exact) mass is 368 g/mol. The van der Waals surface area contributed by atoms with Gasteiger partial charge in [-0.2, -0.15) is 0 Å². The molecule has 0 spiro atoms. The molecule has 1 aliphatic heterocycles. The average molecular weight is 368 g/mol. The van der Waals surface area contributed by atoms with Gasteiger partial charge in [-0.3, -0.25) is 4.79 Å². The molecule has 0 bridgehead atoms. The Hall–Kier alpha value is -2.74. The van der Waals surface area contributed by atoms with Crippen LogP contribution in [0.3, 0.4) is 0 Å². The molecule has 4 rings (SSSR count). The molecule has 1 unspecified atom stereocenters. The molecule has 0 saturated carbocycles. The molecular weight excluding hydrogens is 348 g/mol. The third kappa shape index (κ3) is 3.45. The van der Waals surface area contributed by atoms with Gasteiger partial charge in [0.2, 0.25) is 0 Å². The van der Waals surface area contributed by atoms with Gasteiger partial charge in [0.05, 0.1) is 17.7 Å². The van der Waals surface area contributed by atoms with Crippen LogP contribution in [0.2, 0.25) is 0 Å². The van der Waals surface area contributed by atoms with E-state index in [1.165, 1.54) is 0 Å². The number of hydrogen-bond donors (Lipinski definition) is 1. The zero-order valence-electron chi connectivity index (χ0n) is 14.3. The number of pyridine rings is 1. The van der Waals surface area contributed by atoms with Gasteiger partial charge in [0.1, 0.15) is 11.6 Å². The molecule has 1 amide bonds. The van der Waals surface area contributed by atoms with E-state index in [4.69, 9.17) is 5.73 Å². The summed E-state index contributed by atoms with van der Waals surface area (Å²) in [6, 6.07) is 3.35. The average Bonchev–Trinajstić information content (AvgIpc) is 3.34. The Balaban J connectivity index is 1.51. The zero-order chi connectivity index (χ0) is 17.9. The quantitative estimate of drug-likeness (QED) is 0.764. The summed E-state index contributed by atoms with van der Waals surface area (Å²) in [5.74, 6) is 1.61. The van der Waals surface area contributed by atoms with Crippen LogP contribution in [0.25, 0.3) is 0 Å². The summed E-state index contributed by atoms with van der Waals surface area (Å²) in [5, 5.41) is 2.05. The third-order valence-corrected chi connectivity index (χ3v) is 5.30. The van der Waals surface area contributed by atoms with Crippen molar-refractivity contribution in [1.82, 2.24) is 24.4 Å². The number of aromatic nitrogens is 4. The fourth-order valence-corrected chi connectivity index (χ4v) is 3.99. The molecule has 3 aromatic rings. The number of likely N-dealkylation sites (tertiary alicyclic amines) is 1. The molecule has 3 aromatic heterocycles. The van der Waals surface area contributed by atoms with Crippen LogP contribution in [0.5, 0.6) is 0 Å². The highest BCUT2D eigenvalue weighted by Crippen LogP contribution is 2.27. The van der Waals surface area contributed by atoms with Crippen LogP contribution in [0.1, 0.15) is 40.6 Å². The normalized spacial score (nSPS) is 17.4. The molecule has 1 atom stereocenters. The number of amides is 1. The van der Waals surface area contributed by atoms with Crippen LogP contribution >= 0.6 is 11.3 Å². The molecule has 8 heteroatoms. The first kappa shape index (κ1) is 16.7. The summed E-state index contributed by atoms with van der Waals surface area (Å²) < 4.78 is 2.14. The lowest BCUT2D eigenvalue weighted by Gasteiger charge is -2.32. The van der Waals surface area contributed by atoms with Gasteiger partial charge in [0, 0.05) is 48.5 Å². The fourth-order valence-electron chi connectivity index (χ4n) is 3.44. The largest absolute Gasteiger partial charge is 0.384 e. The van der Waals surface area contributed by atoms with E-state index in [9.17, 15) is 4.79 Å². The smallest absolute Gasteiger partial charge is 0.254 e. The third-order valence-electron chi connectivity index (χ3n) is 4.67. The van der Waals surface area contributed by atoms with Crippen LogP contribution in [0.4, 0.5) is 5.82 Å². The molecule has 1 fully saturated rings. The Morgan fingerprint density at radius 2 is 2.23 bits per heavy atom. The molecule has 134 valence electrons. The number of nitrogen functional groups attached to an aromatic ring is 1. The first-order valence-corrected chi connectivity index (χ1v) is 9.54. The number of nitrogens with zero attached hydrogens (tertiary/aromatic N) is 5. The second kappa shape index (κ2) is 7.25. The Morgan fingerprint density at radius 1 is 1.31 bits per heavy atom. The number of nitrogens with two attached hydrogens (primary N) is 1. The predicted molar refractivity (Wildman–Crippen MR) is 100.0 cm³/mol. The van der Waals surface area contributed by atoms with E-state index >= 15 is 0 Å². The summed E-state index contributed by atoms with van der Waals surface area (Å²) in [6.45, 7) is 2.13.